The molecule has 1 aromatic carbocycles. The second-order valence-corrected chi connectivity index (χ2v) is 3.88. The molecule has 0 atom stereocenters. The van der Waals surface area contributed by atoms with Crippen LogP contribution in [0, 0.1) is 10.1 Å². The van der Waals surface area contributed by atoms with Crippen LogP contribution < -0.4 is 5.32 Å². The second kappa shape index (κ2) is 5.40. The van der Waals surface area contributed by atoms with Crippen LogP contribution in [0.15, 0.2) is 36.8 Å². The molecule has 0 saturated heterocycles. The molecule has 7 nitrogen and oxygen atoms in total. The molecule has 1 amide bonds. The number of aromatic nitrogens is 2. The Labute approximate surface area is 112 Å². The molecule has 96 valence electrons. The highest BCUT2D eigenvalue weighted by atomic mass is 35.5. The van der Waals surface area contributed by atoms with Crippen LogP contribution in [0.25, 0.3) is 0 Å². The van der Waals surface area contributed by atoms with E-state index >= 15 is 0 Å². The molecule has 0 spiro atoms. The second-order valence-electron chi connectivity index (χ2n) is 3.47. The lowest BCUT2D eigenvalue weighted by molar-refractivity contribution is -0.384. The largest absolute Gasteiger partial charge is 0.306 e. The van der Waals surface area contributed by atoms with Gasteiger partial charge in [-0.05, 0) is 18.2 Å². The first-order valence-corrected chi connectivity index (χ1v) is 5.47. The summed E-state index contributed by atoms with van der Waals surface area (Å²) < 4.78 is 0. The maximum absolute atomic E-state index is 11.9. The molecule has 1 aromatic heterocycles. The molecule has 0 aliphatic rings. The fraction of sp³-hybridized carbons (Fsp3) is 0. The van der Waals surface area contributed by atoms with Crippen LogP contribution in [-0.2, 0) is 0 Å². The summed E-state index contributed by atoms with van der Waals surface area (Å²) in [5.41, 5.74) is -0.202. The van der Waals surface area contributed by atoms with Crippen molar-refractivity contribution >= 4 is 29.0 Å². The lowest BCUT2D eigenvalue weighted by Crippen LogP contribution is -2.13. The number of rotatable bonds is 3. The molecular formula is C11H7ClN4O3. The Balaban J connectivity index is 2.25. The predicted molar refractivity (Wildman–Crippen MR) is 68.1 cm³/mol. The minimum atomic E-state index is -0.649. The van der Waals surface area contributed by atoms with E-state index in [1.165, 1.54) is 30.7 Å². The molecule has 0 aliphatic carbocycles. The molecule has 0 unspecified atom stereocenters. The first-order valence-electron chi connectivity index (χ1n) is 5.09. The number of nitrogens with zero attached hydrogens (tertiary/aromatic N) is 3. The Bertz CT molecular complexity index is 633. The van der Waals surface area contributed by atoms with Gasteiger partial charge in [-0.25, -0.2) is 9.97 Å². The van der Waals surface area contributed by atoms with Crippen molar-refractivity contribution in [2.24, 2.45) is 0 Å². The van der Waals surface area contributed by atoms with Crippen molar-refractivity contribution in [3.05, 3.63) is 57.5 Å². The van der Waals surface area contributed by atoms with E-state index < -0.39 is 10.8 Å². The molecule has 1 N–H and O–H groups in total. The van der Waals surface area contributed by atoms with Gasteiger partial charge in [-0.2, -0.15) is 0 Å². The summed E-state index contributed by atoms with van der Waals surface area (Å²) >= 11 is 5.66. The number of carbonyl (C=O) groups is 1. The van der Waals surface area contributed by atoms with E-state index in [9.17, 15) is 14.9 Å². The first kappa shape index (κ1) is 12.9. The van der Waals surface area contributed by atoms with Gasteiger partial charge < -0.3 is 5.32 Å². The van der Waals surface area contributed by atoms with Crippen molar-refractivity contribution in [3.8, 4) is 0 Å². The number of nitrogens with one attached hydrogen (secondary N) is 1. The van der Waals surface area contributed by atoms with Gasteiger partial charge in [0.1, 0.15) is 17.2 Å². The normalized spacial score (nSPS) is 9.95. The summed E-state index contributed by atoms with van der Waals surface area (Å²) in [4.78, 5) is 29.5. The Morgan fingerprint density at radius 1 is 1.37 bits per heavy atom. The lowest BCUT2D eigenvalue weighted by Gasteiger charge is -2.04. The third-order valence-electron chi connectivity index (χ3n) is 2.23. The summed E-state index contributed by atoms with van der Waals surface area (Å²) in [6.07, 6.45) is 2.74. The summed E-state index contributed by atoms with van der Waals surface area (Å²) in [6.45, 7) is 0. The van der Waals surface area contributed by atoms with Crippen LogP contribution >= 0.6 is 11.6 Å². The molecule has 1 heterocycles. The topological polar surface area (TPSA) is 98.0 Å². The number of halogens is 1. The molecule has 19 heavy (non-hydrogen) atoms. The van der Waals surface area contributed by atoms with Gasteiger partial charge in [0.05, 0.1) is 4.92 Å². The number of nitro benzene ring substituents is 1. The van der Waals surface area contributed by atoms with Crippen molar-refractivity contribution in [3.63, 3.8) is 0 Å². The van der Waals surface area contributed by atoms with E-state index in [1.807, 2.05) is 0 Å². The van der Waals surface area contributed by atoms with Crippen molar-refractivity contribution < 1.29 is 9.72 Å². The Hall–Kier alpha value is -2.54. The standard InChI is InChI=1S/C11H7ClN4O3/c12-8-2-1-7(5-9(8)16(18)19)11(17)15-10-3-4-13-6-14-10/h1-6H,(H,13,14,15,17). The van der Waals surface area contributed by atoms with Gasteiger partial charge in [0.25, 0.3) is 11.6 Å². The van der Waals surface area contributed by atoms with Gasteiger partial charge in [-0.3, -0.25) is 14.9 Å². The highest BCUT2D eigenvalue weighted by Gasteiger charge is 2.16. The molecule has 0 bridgehead atoms. The Kier molecular flexibility index (Phi) is 3.67. The number of carbonyl (C=O) groups excluding carboxylic acids is 1. The van der Waals surface area contributed by atoms with E-state index in [1.54, 1.807) is 0 Å². The minimum Gasteiger partial charge on any atom is -0.306 e. The maximum atomic E-state index is 11.9. The van der Waals surface area contributed by atoms with Crippen LogP contribution in [0.3, 0.4) is 0 Å². The van der Waals surface area contributed by atoms with E-state index in [0.717, 1.165) is 6.07 Å². The number of hydrogen-bond donors (Lipinski definition) is 1. The molecule has 0 saturated carbocycles. The molecule has 8 heteroatoms. The highest BCUT2D eigenvalue weighted by molar-refractivity contribution is 6.32. The monoisotopic (exact) mass is 278 g/mol. The smallest absolute Gasteiger partial charge is 0.288 e. The van der Waals surface area contributed by atoms with Gasteiger partial charge >= 0.3 is 0 Å². The summed E-state index contributed by atoms with van der Waals surface area (Å²) in [5.74, 6) is -0.212. The van der Waals surface area contributed by atoms with Crippen LogP contribution in [0.4, 0.5) is 11.5 Å². The van der Waals surface area contributed by atoms with Crippen LogP contribution in [-0.4, -0.2) is 20.8 Å². The molecule has 2 rings (SSSR count). The van der Waals surface area contributed by atoms with E-state index in [-0.39, 0.29) is 16.3 Å². The quantitative estimate of drug-likeness (QED) is 0.686. The molecule has 0 radical (unpaired) electrons. The predicted octanol–water partition coefficient (Wildman–Crippen LogP) is 2.29. The summed E-state index contributed by atoms with van der Waals surface area (Å²) in [7, 11) is 0. The zero-order chi connectivity index (χ0) is 13.8. The Morgan fingerprint density at radius 2 is 2.16 bits per heavy atom. The number of amides is 1. The van der Waals surface area contributed by atoms with Gasteiger partial charge in [0.15, 0.2) is 0 Å². The van der Waals surface area contributed by atoms with Crippen LogP contribution in [0.5, 0.6) is 0 Å². The average molecular weight is 279 g/mol. The zero-order valence-electron chi connectivity index (χ0n) is 9.41. The first-order chi connectivity index (χ1) is 9.08. The fourth-order valence-electron chi connectivity index (χ4n) is 1.35. The minimum absolute atomic E-state index is 0.0245. The van der Waals surface area contributed by atoms with Gasteiger partial charge in [0, 0.05) is 17.8 Å². The SMILES string of the molecule is O=C(Nc1ccncn1)c1ccc(Cl)c([N+](=O)[O-])c1. The van der Waals surface area contributed by atoms with Crippen molar-refractivity contribution in [2.45, 2.75) is 0 Å². The number of benzene rings is 1. The molecular weight excluding hydrogens is 272 g/mol. The Morgan fingerprint density at radius 3 is 2.79 bits per heavy atom. The van der Waals surface area contributed by atoms with Crippen molar-refractivity contribution in [1.82, 2.24) is 9.97 Å². The van der Waals surface area contributed by atoms with Gasteiger partial charge in [0.2, 0.25) is 0 Å². The van der Waals surface area contributed by atoms with E-state index in [0.29, 0.717) is 5.82 Å². The van der Waals surface area contributed by atoms with Gasteiger partial charge in [-0.15, -0.1) is 0 Å². The average Bonchev–Trinajstić information content (AvgIpc) is 2.40. The molecule has 0 aliphatic heterocycles. The highest BCUT2D eigenvalue weighted by Crippen LogP contribution is 2.25. The summed E-state index contributed by atoms with van der Waals surface area (Å²) in [5, 5.41) is 13.2. The van der Waals surface area contributed by atoms with E-state index in [2.05, 4.69) is 15.3 Å². The lowest BCUT2D eigenvalue weighted by atomic mass is 10.2. The summed E-state index contributed by atoms with van der Waals surface area (Å²) in [6, 6.07) is 5.31. The van der Waals surface area contributed by atoms with Crippen LogP contribution in [0.2, 0.25) is 5.02 Å². The van der Waals surface area contributed by atoms with Crippen LogP contribution in [0.1, 0.15) is 10.4 Å². The van der Waals surface area contributed by atoms with Crippen molar-refractivity contribution in [2.75, 3.05) is 5.32 Å². The zero-order valence-corrected chi connectivity index (χ0v) is 10.2. The third-order valence-corrected chi connectivity index (χ3v) is 2.55. The fourth-order valence-corrected chi connectivity index (χ4v) is 1.53. The molecule has 0 fully saturated rings. The third kappa shape index (κ3) is 3.02. The maximum Gasteiger partial charge on any atom is 0.288 e. The molecule has 2 aromatic rings. The van der Waals surface area contributed by atoms with Gasteiger partial charge in [-0.1, -0.05) is 11.6 Å². The van der Waals surface area contributed by atoms with Crippen molar-refractivity contribution in [1.29, 1.82) is 0 Å². The number of anilines is 1. The number of nitro groups is 1. The van der Waals surface area contributed by atoms with E-state index in [4.69, 9.17) is 11.6 Å². The number of hydrogen-bond acceptors (Lipinski definition) is 5.